The number of carbonyl (C=O) groups is 1. The lowest BCUT2D eigenvalue weighted by Gasteiger charge is -2.15. The second-order valence-electron chi connectivity index (χ2n) is 4.12. The fraction of sp³-hybridized carbons (Fsp3) is 0.500. The minimum atomic E-state index is -0.00501. The van der Waals surface area contributed by atoms with Crippen molar-refractivity contribution in [1.29, 1.82) is 0 Å². The molecule has 1 aromatic carbocycles. The lowest BCUT2D eigenvalue weighted by Crippen LogP contribution is -2.31. The zero-order valence-corrected chi connectivity index (χ0v) is 11.4. The molecule has 1 rings (SSSR count). The fourth-order valence-corrected chi connectivity index (χ4v) is 1.45. The van der Waals surface area contributed by atoms with Crippen LogP contribution in [-0.2, 0) is 11.3 Å². The summed E-state index contributed by atoms with van der Waals surface area (Å²) in [5.74, 6) is 0.734. The van der Waals surface area contributed by atoms with Crippen LogP contribution < -0.4 is 10.1 Å². The predicted octanol–water partition coefficient (Wildman–Crippen LogP) is 1.65. The third-order valence-electron chi connectivity index (χ3n) is 2.74. The van der Waals surface area contributed by atoms with Gasteiger partial charge in [0.15, 0.2) is 6.61 Å². The van der Waals surface area contributed by atoms with E-state index in [-0.39, 0.29) is 12.5 Å². The Morgan fingerprint density at radius 1 is 1.39 bits per heavy atom. The zero-order valence-electron chi connectivity index (χ0n) is 11.4. The number of likely N-dealkylation sites (N-methyl/N-ethyl adjacent to an activating group) is 1. The molecule has 0 atom stereocenters. The van der Waals surface area contributed by atoms with Gasteiger partial charge in [-0.15, -0.1) is 0 Å². The third kappa shape index (κ3) is 4.75. The van der Waals surface area contributed by atoms with Crippen molar-refractivity contribution in [3.63, 3.8) is 0 Å². The van der Waals surface area contributed by atoms with E-state index in [2.05, 4.69) is 12.2 Å². The molecule has 0 saturated carbocycles. The summed E-state index contributed by atoms with van der Waals surface area (Å²) in [4.78, 5) is 13.2. The first-order valence-electron chi connectivity index (χ1n) is 6.33. The highest BCUT2D eigenvalue weighted by Crippen LogP contribution is 2.13. The van der Waals surface area contributed by atoms with Gasteiger partial charge in [-0.2, -0.15) is 0 Å². The zero-order chi connectivity index (χ0) is 13.4. The first kappa shape index (κ1) is 14.5. The Balaban J connectivity index is 2.49. The maximum absolute atomic E-state index is 11.6. The average molecular weight is 250 g/mol. The number of nitrogens with one attached hydrogen (secondary N) is 1. The molecule has 1 amide bonds. The van der Waals surface area contributed by atoms with Crippen molar-refractivity contribution in [1.82, 2.24) is 10.2 Å². The normalized spacial score (nSPS) is 10.2. The molecule has 1 N–H and O–H groups in total. The molecule has 0 saturated heterocycles. The lowest BCUT2D eigenvalue weighted by atomic mass is 10.2. The molecular formula is C14H22N2O2. The van der Waals surface area contributed by atoms with Gasteiger partial charge in [-0.1, -0.05) is 19.1 Å². The molecule has 0 radical (unpaired) electrons. The third-order valence-corrected chi connectivity index (χ3v) is 2.74. The number of carbonyl (C=O) groups excluding carboxylic acids is 1. The van der Waals surface area contributed by atoms with Gasteiger partial charge in [-0.3, -0.25) is 4.79 Å². The first-order valence-corrected chi connectivity index (χ1v) is 6.33. The molecule has 0 aromatic heterocycles. The van der Waals surface area contributed by atoms with Crippen LogP contribution >= 0.6 is 0 Å². The molecule has 0 aliphatic carbocycles. The number of hydrogen-bond acceptors (Lipinski definition) is 3. The molecule has 1 aromatic rings. The highest BCUT2D eigenvalue weighted by Gasteiger charge is 2.07. The number of nitrogens with zero attached hydrogens (tertiary/aromatic N) is 1. The smallest absolute Gasteiger partial charge is 0.260 e. The van der Waals surface area contributed by atoms with Gasteiger partial charge in [0.2, 0.25) is 0 Å². The van der Waals surface area contributed by atoms with Crippen LogP contribution in [0.5, 0.6) is 5.75 Å². The van der Waals surface area contributed by atoms with Crippen LogP contribution in [0.2, 0.25) is 0 Å². The number of amides is 1. The molecule has 0 aliphatic heterocycles. The average Bonchev–Trinajstić information content (AvgIpc) is 2.42. The van der Waals surface area contributed by atoms with Gasteiger partial charge in [0, 0.05) is 20.1 Å². The van der Waals surface area contributed by atoms with Crippen LogP contribution in [-0.4, -0.2) is 37.6 Å². The molecule has 0 bridgehead atoms. The van der Waals surface area contributed by atoms with Gasteiger partial charge in [0.25, 0.3) is 5.91 Å². The number of benzene rings is 1. The van der Waals surface area contributed by atoms with Crippen molar-refractivity contribution >= 4 is 5.91 Å². The predicted molar refractivity (Wildman–Crippen MR) is 72.6 cm³/mol. The number of ether oxygens (including phenoxy) is 1. The minimum absolute atomic E-state index is 0.00501. The Hall–Kier alpha value is -1.55. The van der Waals surface area contributed by atoms with E-state index in [1.807, 2.05) is 31.2 Å². The van der Waals surface area contributed by atoms with E-state index < -0.39 is 0 Å². The summed E-state index contributed by atoms with van der Waals surface area (Å²) in [5.41, 5.74) is 1.16. The van der Waals surface area contributed by atoms with Crippen molar-refractivity contribution < 1.29 is 9.53 Å². The van der Waals surface area contributed by atoms with Crippen molar-refractivity contribution in [3.8, 4) is 5.75 Å². The Morgan fingerprint density at radius 3 is 2.83 bits per heavy atom. The second-order valence-corrected chi connectivity index (χ2v) is 4.12. The van der Waals surface area contributed by atoms with E-state index in [1.165, 1.54) is 0 Å². The monoisotopic (exact) mass is 250 g/mol. The van der Waals surface area contributed by atoms with Crippen LogP contribution in [0, 0.1) is 0 Å². The summed E-state index contributed by atoms with van der Waals surface area (Å²) in [6, 6.07) is 7.81. The fourth-order valence-electron chi connectivity index (χ4n) is 1.45. The molecule has 18 heavy (non-hydrogen) atoms. The summed E-state index contributed by atoms with van der Waals surface area (Å²) in [7, 11) is 1.77. The van der Waals surface area contributed by atoms with E-state index in [9.17, 15) is 4.79 Å². The molecule has 0 unspecified atom stereocenters. The Bertz CT molecular complexity index is 380. The van der Waals surface area contributed by atoms with Crippen molar-refractivity contribution in [2.75, 3.05) is 26.7 Å². The summed E-state index contributed by atoms with van der Waals surface area (Å²) >= 11 is 0. The van der Waals surface area contributed by atoms with E-state index in [0.29, 0.717) is 6.54 Å². The minimum Gasteiger partial charge on any atom is -0.484 e. The van der Waals surface area contributed by atoms with Crippen LogP contribution in [0.4, 0.5) is 0 Å². The molecular weight excluding hydrogens is 228 g/mol. The molecule has 4 nitrogen and oxygen atoms in total. The first-order chi connectivity index (χ1) is 8.67. The van der Waals surface area contributed by atoms with E-state index >= 15 is 0 Å². The van der Waals surface area contributed by atoms with Crippen molar-refractivity contribution in [3.05, 3.63) is 29.8 Å². The maximum atomic E-state index is 11.6. The highest BCUT2D eigenvalue weighted by atomic mass is 16.5. The highest BCUT2D eigenvalue weighted by molar-refractivity contribution is 5.77. The lowest BCUT2D eigenvalue weighted by molar-refractivity contribution is -0.131. The molecule has 0 heterocycles. The van der Waals surface area contributed by atoms with Gasteiger partial charge in [0.05, 0.1) is 0 Å². The molecule has 0 aliphatic rings. The van der Waals surface area contributed by atoms with Crippen molar-refractivity contribution in [2.45, 2.75) is 20.4 Å². The van der Waals surface area contributed by atoms with Gasteiger partial charge >= 0.3 is 0 Å². The Morgan fingerprint density at radius 2 is 2.17 bits per heavy atom. The Kier molecular flexibility index (Phi) is 6.22. The largest absolute Gasteiger partial charge is 0.484 e. The van der Waals surface area contributed by atoms with Crippen LogP contribution in [0.25, 0.3) is 0 Å². The summed E-state index contributed by atoms with van der Waals surface area (Å²) in [6.45, 7) is 6.55. The van der Waals surface area contributed by atoms with Crippen molar-refractivity contribution in [2.24, 2.45) is 0 Å². The second kappa shape index (κ2) is 7.71. The summed E-state index contributed by atoms with van der Waals surface area (Å²) in [6.07, 6.45) is 0. The summed E-state index contributed by atoms with van der Waals surface area (Å²) in [5, 5.41) is 3.25. The van der Waals surface area contributed by atoms with E-state index in [0.717, 1.165) is 24.4 Å². The summed E-state index contributed by atoms with van der Waals surface area (Å²) < 4.78 is 5.49. The Labute approximate surface area is 109 Å². The molecule has 0 spiro atoms. The molecule has 4 heteroatoms. The topological polar surface area (TPSA) is 41.6 Å². The number of hydrogen-bond donors (Lipinski definition) is 1. The maximum Gasteiger partial charge on any atom is 0.260 e. The molecule has 100 valence electrons. The van der Waals surface area contributed by atoms with Crippen LogP contribution in [0.1, 0.15) is 19.4 Å². The quantitative estimate of drug-likeness (QED) is 0.800. The van der Waals surface area contributed by atoms with Gasteiger partial charge in [-0.25, -0.2) is 0 Å². The van der Waals surface area contributed by atoms with E-state index in [1.54, 1.807) is 11.9 Å². The van der Waals surface area contributed by atoms with Gasteiger partial charge < -0.3 is 15.0 Å². The standard InChI is InChI=1S/C14H22N2O2/c1-4-15-10-12-7-6-8-13(9-12)18-11-14(17)16(3)5-2/h6-9,15H,4-5,10-11H2,1-3H3. The van der Waals surface area contributed by atoms with Crippen LogP contribution in [0.3, 0.4) is 0 Å². The number of rotatable bonds is 7. The van der Waals surface area contributed by atoms with Gasteiger partial charge in [-0.05, 0) is 31.2 Å². The molecule has 0 fully saturated rings. The SMILES string of the molecule is CCNCc1cccc(OCC(=O)N(C)CC)c1. The van der Waals surface area contributed by atoms with Gasteiger partial charge in [0.1, 0.15) is 5.75 Å². The van der Waals surface area contributed by atoms with Crippen LogP contribution in [0.15, 0.2) is 24.3 Å². The van der Waals surface area contributed by atoms with E-state index in [4.69, 9.17) is 4.74 Å².